The van der Waals surface area contributed by atoms with E-state index in [0.717, 1.165) is 5.57 Å². The molecule has 4 bridgehead atoms. The van der Waals surface area contributed by atoms with Gasteiger partial charge in [0.25, 0.3) is 0 Å². The van der Waals surface area contributed by atoms with E-state index in [4.69, 9.17) is 14.2 Å². The molecule has 1 N–H and O–H groups in total. The van der Waals surface area contributed by atoms with Crippen molar-refractivity contribution in [2.45, 2.75) is 76.6 Å². The SMILES string of the molecule is C=CC(C)(C)c1c(OC)cc(O)c2c1OC13C(=C[C@@H]4C[C@H]1C(C)(C)O[C@@]3(CC=C(C)C)C4=O)C2=O. The van der Waals surface area contributed by atoms with E-state index >= 15 is 0 Å². The van der Waals surface area contributed by atoms with Gasteiger partial charge in [-0.2, -0.15) is 0 Å². The van der Waals surface area contributed by atoms with Crippen LogP contribution in [0.15, 0.2) is 42.0 Å². The topological polar surface area (TPSA) is 82.1 Å². The average Bonchev–Trinajstić information content (AvgIpc) is 2.94. The van der Waals surface area contributed by atoms with E-state index in [-0.39, 0.29) is 34.5 Å². The fourth-order valence-electron chi connectivity index (χ4n) is 6.79. The molecule has 6 rings (SSSR count). The van der Waals surface area contributed by atoms with Crippen LogP contribution in [0.3, 0.4) is 0 Å². The summed E-state index contributed by atoms with van der Waals surface area (Å²) in [6, 6.07) is 1.46. The molecule has 0 amide bonds. The molecule has 4 atom stereocenters. The van der Waals surface area contributed by atoms with E-state index in [9.17, 15) is 14.7 Å². The third kappa shape index (κ3) is 2.75. The second kappa shape index (κ2) is 7.10. The zero-order valence-electron chi connectivity index (χ0n) is 21.6. The second-order valence-electron chi connectivity index (χ2n) is 11.6. The van der Waals surface area contributed by atoms with E-state index in [1.807, 2.05) is 47.6 Å². The van der Waals surface area contributed by atoms with Crippen molar-refractivity contribution < 1.29 is 28.9 Å². The number of rotatable bonds is 5. The lowest BCUT2D eigenvalue weighted by atomic mass is 9.51. The molecule has 2 fully saturated rings. The Morgan fingerprint density at radius 1 is 1.31 bits per heavy atom. The van der Waals surface area contributed by atoms with Gasteiger partial charge in [0, 0.05) is 40.9 Å². The summed E-state index contributed by atoms with van der Waals surface area (Å²) in [5, 5.41) is 11.0. The number of fused-ring (bicyclic) bond motifs is 1. The van der Waals surface area contributed by atoms with Crippen molar-refractivity contribution in [3.8, 4) is 17.2 Å². The van der Waals surface area contributed by atoms with Crippen LogP contribution in [0, 0.1) is 11.8 Å². The molecule has 1 unspecified atom stereocenters. The Kier molecular flexibility index (Phi) is 4.84. The third-order valence-electron chi connectivity index (χ3n) is 8.49. The number of benzene rings is 1. The number of carbonyl (C=O) groups excluding carboxylic acids is 2. The maximum atomic E-state index is 14.2. The number of phenols is 1. The van der Waals surface area contributed by atoms with Gasteiger partial charge in [0.15, 0.2) is 22.8 Å². The summed E-state index contributed by atoms with van der Waals surface area (Å²) in [4.78, 5) is 28.2. The molecule has 1 aromatic rings. The van der Waals surface area contributed by atoms with Crippen molar-refractivity contribution in [3.05, 3.63) is 53.1 Å². The zero-order valence-corrected chi connectivity index (χ0v) is 21.6. The lowest BCUT2D eigenvalue weighted by molar-refractivity contribution is -0.171. The van der Waals surface area contributed by atoms with Crippen molar-refractivity contribution in [2.75, 3.05) is 7.11 Å². The predicted octanol–water partition coefficient (Wildman–Crippen LogP) is 5.23. The van der Waals surface area contributed by atoms with Gasteiger partial charge >= 0.3 is 0 Å². The molecule has 2 heterocycles. The number of hydrogen-bond donors (Lipinski definition) is 1. The number of phenolic OH excluding ortho intramolecular Hbond substituents is 1. The first kappa shape index (κ1) is 23.9. The van der Waals surface area contributed by atoms with Gasteiger partial charge in [-0.15, -0.1) is 6.58 Å². The minimum absolute atomic E-state index is 0.0477. The first-order chi connectivity index (χ1) is 16.3. The van der Waals surface area contributed by atoms with Crippen molar-refractivity contribution in [3.63, 3.8) is 0 Å². The average molecular weight is 479 g/mol. The number of ketones is 2. The molecule has 1 aromatic carbocycles. The van der Waals surface area contributed by atoms with E-state index < -0.39 is 28.1 Å². The number of Topliss-reactive ketones (excluding diaryl/α,β-unsaturated/α-hetero) is 2. The predicted molar refractivity (Wildman–Crippen MR) is 132 cm³/mol. The minimum atomic E-state index is -1.34. The van der Waals surface area contributed by atoms with Crippen LogP contribution in [0.25, 0.3) is 0 Å². The van der Waals surface area contributed by atoms with Crippen LogP contribution in [-0.2, 0) is 14.9 Å². The number of ether oxygens (including phenoxy) is 3. The molecular formula is C29H34O6. The highest BCUT2D eigenvalue weighted by Crippen LogP contribution is 2.68. The summed E-state index contributed by atoms with van der Waals surface area (Å²) < 4.78 is 19.3. The van der Waals surface area contributed by atoms with Gasteiger partial charge in [-0.25, -0.2) is 0 Å². The lowest BCUT2D eigenvalue weighted by Gasteiger charge is -2.56. The smallest absolute Gasteiger partial charge is 0.200 e. The fraction of sp³-hybridized carbons (Fsp3) is 0.517. The van der Waals surface area contributed by atoms with Crippen molar-refractivity contribution in [1.82, 2.24) is 0 Å². The Bertz CT molecular complexity index is 1240. The number of carbonyl (C=O) groups is 2. The molecular weight excluding hydrogens is 444 g/mol. The van der Waals surface area contributed by atoms with Crippen LogP contribution in [0.4, 0.5) is 0 Å². The van der Waals surface area contributed by atoms with E-state index in [1.165, 1.54) is 13.2 Å². The maximum absolute atomic E-state index is 14.2. The van der Waals surface area contributed by atoms with Crippen molar-refractivity contribution in [1.29, 1.82) is 0 Å². The highest BCUT2D eigenvalue weighted by molar-refractivity contribution is 6.18. The molecule has 0 radical (unpaired) electrons. The van der Waals surface area contributed by atoms with Crippen LogP contribution in [-0.4, -0.2) is 40.6 Å². The highest BCUT2D eigenvalue weighted by atomic mass is 16.6. The summed E-state index contributed by atoms with van der Waals surface area (Å²) in [7, 11) is 1.51. The van der Waals surface area contributed by atoms with Gasteiger partial charge < -0.3 is 19.3 Å². The van der Waals surface area contributed by atoms with Crippen LogP contribution >= 0.6 is 0 Å². The summed E-state index contributed by atoms with van der Waals surface area (Å²) in [5.74, 6) is -0.596. The van der Waals surface area contributed by atoms with Crippen LogP contribution < -0.4 is 9.47 Å². The fourth-order valence-corrected chi connectivity index (χ4v) is 6.79. The highest BCUT2D eigenvalue weighted by Gasteiger charge is 2.81. The van der Waals surface area contributed by atoms with Gasteiger partial charge in [0.1, 0.15) is 22.8 Å². The number of hydrogen-bond acceptors (Lipinski definition) is 6. The van der Waals surface area contributed by atoms with E-state index in [2.05, 4.69) is 6.58 Å². The normalized spacial score (nSPS) is 31.8. The number of allylic oxidation sites excluding steroid dienone is 3. The van der Waals surface area contributed by atoms with Gasteiger partial charge in [-0.3, -0.25) is 9.59 Å². The van der Waals surface area contributed by atoms with Crippen molar-refractivity contribution >= 4 is 11.6 Å². The van der Waals surface area contributed by atoms with Crippen molar-refractivity contribution in [2.24, 2.45) is 11.8 Å². The van der Waals surface area contributed by atoms with Crippen LogP contribution in [0.1, 0.15) is 70.3 Å². The molecule has 0 aromatic heterocycles. The number of aromatic hydroxyl groups is 1. The standard InChI is InChI=1S/C29H34O6/c1-9-26(4,5)22-19(33-8)14-18(30)21-23(31)17-12-16-13-20-27(6,7)35-28(25(16)32,11-10-15(2)3)29(17,20)34-24(21)22/h9-10,12,14,16,20,30H,1,11,13H2,2-8H3/t16-,20+,28+,29?/m1/s1. The lowest BCUT2D eigenvalue weighted by Crippen LogP contribution is -2.72. The minimum Gasteiger partial charge on any atom is -0.507 e. The molecule has 1 saturated carbocycles. The Morgan fingerprint density at radius 3 is 2.60 bits per heavy atom. The van der Waals surface area contributed by atoms with Gasteiger partial charge in [0.2, 0.25) is 0 Å². The molecule has 5 aliphatic rings. The van der Waals surface area contributed by atoms with E-state index in [1.54, 1.807) is 12.2 Å². The Morgan fingerprint density at radius 2 is 2.00 bits per heavy atom. The zero-order chi connectivity index (χ0) is 25.7. The summed E-state index contributed by atoms with van der Waals surface area (Å²) in [6.07, 6.45) is 6.36. The summed E-state index contributed by atoms with van der Waals surface area (Å²) >= 11 is 0. The molecule has 2 aliphatic heterocycles. The van der Waals surface area contributed by atoms with Crippen LogP contribution in [0.2, 0.25) is 0 Å². The number of methoxy groups -OCH3 is 1. The molecule has 1 spiro atoms. The molecule has 6 heteroatoms. The van der Waals surface area contributed by atoms with Crippen LogP contribution in [0.5, 0.6) is 17.2 Å². The van der Waals surface area contributed by atoms with Gasteiger partial charge in [0.05, 0.1) is 12.7 Å². The quantitative estimate of drug-likeness (QED) is 0.584. The monoisotopic (exact) mass is 478 g/mol. The van der Waals surface area contributed by atoms with E-state index in [0.29, 0.717) is 29.7 Å². The first-order valence-electron chi connectivity index (χ1n) is 12.2. The largest absolute Gasteiger partial charge is 0.507 e. The molecule has 35 heavy (non-hydrogen) atoms. The maximum Gasteiger partial charge on any atom is 0.200 e. The van der Waals surface area contributed by atoms with Gasteiger partial charge in [-0.1, -0.05) is 37.6 Å². The molecule has 3 aliphatic carbocycles. The Balaban J connectivity index is 1.88. The molecule has 6 nitrogen and oxygen atoms in total. The van der Waals surface area contributed by atoms with Gasteiger partial charge in [-0.05, 0) is 34.1 Å². The second-order valence-corrected chi connectivity index (χ2v) is 11.6. The first-order valence-corrected chi connectivity index (χ1v) is 12.2. The molecule has 1 saturated heterocycles. The summed E-state index contributed by atoms with van der Waals surface area (Å²) in [6.45, 7) is 15.8. The molecule has 186 valence electrons. The summed E-state index contributed by atoms with van der Waals surface area (Å²) in [5.41, 5.74) is -1.82. The Hall–Kier alpha value is -2.86. The third-order valence-corrected chi connectivity index (χ3v) is 8.49. The Labute approximate surface area is 206 Å².